The zero-order chi connectivity index (χ0) is 21.3. The molecule has 0 radical (unpaired) electrons. The van der Waals surface area contributed by atoms with Crippen LogP contribution in [0, 0.1) is 5.82 Å². The van der Waals surface area contributed by atoms with Crippen LogP contribution in [-0.4, -0.2) is 48.0 Å². The van der Waals surface area contributed by atoms with Gasteiger partial charge in [-0.15, -0.1) is 0 Å². The van der Waals surface area contributed by atoms with Crippen LogP contribution >= 0.6 is 0 Å². The molecular weight excluding hydrogens is 397 g/mol. The van der Waals surface area contributed by atoms with Gasteiger partial charge in [0.1, 0.15) is 17.1 Å². The molecule has 30 heavy (non-hydrogen) atoms. The predicted molar refractivity (Wildman–Crippen MR) is 105 cm³/mol. The minimum atomic E-state index is -3.16. The second kappa shape index (κ2) is 7.85. The minimum Gasteiger partial charge on any atom is -0.496 e. The number of benzene rings is 2. The molecule has 0 spiro atoms. The SMILES string of the molecule is COc1cccc(F)c1C(=O)N1CCC(F)(F)C(Oc2ccc3ccccc3n2)C1. The summed E-state index contributed by atoms with van der Waals surface area (Å²) < 4.78 is 53.9. The van der Waals surface area contributed by atoms with E-state index in [1.54, 1.807) is 18.2 Å². The van der Waals surface area contributed by atoms with Crippen molar-refractivity contribution in [1.82, 2.24) is 9.88 Å². The highest BCUT2D eigenvalue weighted by atomic mass is 19.3. The highest BCUT2D eigenvalue weighted by molar-refractivity contribution is 5.97. The molecule has 0 N–H and O–H groups in total. The lowest BCUT2D eigenvalue weighted by atomic mass is 10.0. The van der Waals surface area contributed by atoms with E-state index in [1.165, 1.54) is 25.3 Å². The maximum absolute atomic E-state index is 14.5. The average Bonchev–Trinajstić information content (AvgIpc) is 2.74. The first-order valence-corrected chi connectivity index (χ1v) is 9.41. The number of fused-ring (bicyclic) bond motifs is 1. The first-order chi connectivity index (χ1) is 14.4. The Kier molecular flexibility index (Phi) is 5.24. The fraction of sp³-hybridized carbons (Fsp3) is 0.273. The van der Waals surface area contributed by atoms with Crippen molar-refractivity contribution >= 4 is 16.8 Å². The maximum Gasteiger partial charge on any atom is 0.287 e. The van der Waals surface area contributed by atoms with Crippen molar-refractivity contribution in [3.8, 4) is 11.6 Å². The first kappa shape index (κ1) is 20.0. The van der Waals surface area contributed by atoms with Crippen molar-refractivity contribution in [2.24, 2.45) is 0 Å². The number of nitrogens with zero attached hydrogens (tertiary/aromatic N) is 2. The quantitative estimate of drug-likeness (QED) is 0.636. The number of aromatic nitrogens is 1. The molecular formula is C22H19F3N2O3. The third-order valence-electron chi connectivity index (χ3n) is 5.10. The number of carbonyl (C=O) groups is 1. The Bertz CT molecular complexity index is 1090. The molecule has 1 amide bonds. The van der Waals surface area contributed by atoms with Crippen molar-refractivity contribution in [2.45, 2.75) is 18.4 Å². The van der Waals surface area contributed by atoms with E-state index in [4.69, 9.17) is 9.47 Å². The van der Waals surface area contributed by atoms with Gasteiger partial charge < -0.3 is 14.4 Å². The number of alkyl halides is 2. The number of methoxy groups -OCH3 is 1. The number of hydrogen-bond donors (Lipinski definition) is 0. The second-order valence-electron chi connectivity index (χ2n) is 7.03. The number of rotatable bonds is 4. The number of para-hydroxylation sites is 1. The molecule has 1 atom stereocenters. The smallest absolute Gasteiger partial charge is 0.287 e. The largest absolute Gasteiger partial charge is 0.496 e. The standard InChI is InChI=1S/C22H19F3N2O3/c1-29-17-8-4-6-15(23)20(17)21(28)27-12-11-22(24,25)18(13-27)30-19-10-9-14-5-2-3-7-16(14)26-19/h2-10,18H,11-13H2,1H3. The van der Waals surface area contributed by atoms with Crippen molar-refractivity contribution in [1.29, 1.82) is 0 Å². The predicted octanol–water partition coefficient (Wildman–Crippen LogP) is 4.31. The fourth-order valence-corrected chi connectivity index (χ4v) is 3.48. The van der Waals surface area contributed by atoms with Crippen LogP contribution in [0.3, 0.4) is 0 Å². The number of halogens is 3. The van der Waals surface area contributed by atoms with Crippen LogP contribution in [0.2, 0.25) is 0 Å². The van der Waals surface area contributed by atoms with Crippen LogP contribution in [0.5, 0.6) is 11.6 Å². The molecule has 3 aromatic rings. The number of ether oxygens (including phenoxy) is 2. The highest BCUT2D eigenvalue weighted by Crippen LogP contribution is 2.33. The van der Waals surface area contributed by atoms with Gasteiger partial charge in [-0.1, -0.05) is 24.3 Å². The van der Waals surface area contributed by atoms with Crippen molar-refractivity contribution in [3.05, 3.63) is 66.0 Å². The van der Waals surface area contributed by atoms with Gasteiger partial charge >= 0.3 is 0 Å². The van der Waals surface area contributed by atoms with E-state index in [0.717, 1.165) is 16.4 Å². The van der Waals surface area contributed by atoms with Gasteiger partial charge in [-0.2, -0.15) is 0 Å². The van der Waals surface area contributed by atoms with Gasteiger partial charge in [-0.05, 0) is 24.3 Å². The van der Waals surface area contributed by atoms with Gasteiger partial charge in [0.2, 0.25) is 5.88 Å². The molecule has 5 nitrogen and oxygen atoms in total. The molecule has 1 aliphatic heterocycles. The Morgan fingerprint density at radius 3 is 2.73 bits per heavy atom. The summed E-state index contributed by atoms with van der Waals surface area (Å²) in [5.74, 6) is -4.57. The molecule has 1 fully saturated rings. The van der Waals surface area contributed by atoms with E-state index in [-0.39, 0.29) is 23.7 Å². The molecule has 0 saturated carbocycles. The van der Waals surface area contributed by atoms with Gasteiger partial charge in [0.15, 0.2) is 6.10 Å². The number of hydrogen-bond acceptors (Lipinski definition) is 4. The summed E-state index contributed by atoms with van der Waals surface area (Å²) in [5.41, 5.74) is 0.325. The zero-order valence-corrected chi connectivity index (χ0v) is 16.1. The third-order valence-corrected chi connectivity index (χ3v) is 5.10. The topological polar surface area (TPSA) is 51.7 Å². The number of carbonyl (C=O) groups excluding carboxylic acids is 1. The molecule has 2 heterocycles. The summed E-state index contributed by atoms with van der Waals surface area (Å²) in [6.07, 6.45) is -2.21. The molecule has 1 aliphatic rings. The molecule has 156 valence electrons. The second-order valence-corrected chi connectivity index (χ2v) is 7.03. The number of piperidine rings is 1. The molecule has 1 saturated heterocycles. The van der Waals surface area contributed by atoms with E-state index in [9.17, 15) is 18.0 Å². The number of amides is 1. The summed E-state index contributed by atoms with van der Waals surface area (Å²) in [6, 6.07) is 14.5. The Morgan fingerprint density at radius 1 is 1.13 bits per heavy atom. The average molecular weight is 416 g/mol. The lowest BCUT2D eigenvalue weighted by Crippen LogP contribution is -2.55. The molecule has 4 rings (SSSR count). The van der Waals surface area contributed by atoms with Crippen molar-refractivity contribution < 1.29 is 27.4 Å². The Morgan fingerprint density at radius 2 is 1.93 bits per heavy atom. The van der Waals surface area contributed by atoms with Crippen molar-refractivity contribution in [2.75, 3.05) is 20.2 Å². The lowest BCUT2D eigenvalue weighted by molar-refractivity contribution is -0.131. The van der Waals surface area contributed by atoms with Crippen LogP contribution in [0.1, 0.15) is 16.8 Å². The minimum absolute atomic E-state index is 0.0381. The lowest BCUT2D eigenvalue weighted by Gasteiger charge is -2.38. The number of pyridine rings is 1. The zero-order valence-electron chi connectivity index (χ0n) is 16.1. The van der Waals surface area contributed by atoms with E-state index in [0.29, 0.717) is 5.52 Å². The van der Waals surface area contributed by atoms with E-state index in [2.05, 4.69) is 4.98 Å². The molecule has 8 heteroatoms. The Balaban J connectivity index is 1.58. The van der Waals surface area contributed by atoms with Crippen LogP contribution in [0.25, 0.3) is 10.9 Å². The van der Waals surface area contributed by atoms with Crippen molar-refractivity contribution in [3.63, 3.8) is 0 Å². The molecule has 0 bridgehead atoms. The Hall–Kier alpha value is -3.29. The summed E-state index contributed by atoms with van der Waals surface area (Å²) in [6.45, 7) is -0.633. The number of likely N-dealkylation sites (tertiary alicyclic amines) is 1. The normalized spacial score (nSPS) is 18.3. The molecule has 1 unspecified atom stereocenters. The summed E-state index contributed by atoms with van der Waals surface area (Å²) >= 11 is 0. The van der Waals surface area contributed by atoms with Gasteiger partial charge in [0, 0.05) is 24.4 Å². The van der Waals surface area contributed by atoms with Gasteiger partial charge in [-0.3, -0.25) is 4.79 Å². The summed E-state index contributed by atoms with van der Waals surface area (Å²) in [7, 11) is 1.31. The fourth-order valence-electron chi connectivity index (χ4n) is 3.48. The molecule has 0 aliphatic carbocycles. The molecule has 2 aromatic carbocycles. The third kappa shape index (κ3) is 3.77. The summed E-state index contributed by atoms with van der Waals surface area (Å²) in [4.78, 5) is 18.3. The van der Waals surface area contributed by atoms with E-state index in [1.807, 2.05) is 12.1 Å². The van der Waals surface area contributed by atoms with Gasteiger partial charge in [0.05, 0.1) is 19.2 Å². The van der Waals surface area contributed by atoms with Crippen LogP contribution < -0.4 is 9.47 Å². The summed E-state index contributed by atoms with van der Waals surface area (Å²) in [5, 5.41) is 0.851. The van der Waals surface area contributed by atoms with Gasteiger partial charge in [0.25, 0.3) is 11.8 Å². The highest BCUT2D eigenvalue weighted by Gasteiger charge is 2.47. The van der Waals surface area contributed by atoms with Crippen LogP contribution in [0.4, 0.5) is 13.2 Å². The monoisotopic (exact) mass is 416 g/mol. The molecule has 1 aromatic heterocycles. The maximum atomic E-state index is 14.5. The van der Waals surface area contributed by atoms with E-state index < -0.39 is 36.7 Å². The van der Waals surface area contributed by atoms with Gasteiger partial charge in [-0.25, -0.2) is 18.2 Å². The van der Waals surface area contributed by atoms with Crippen LogP contribution in [-0.2, 0) is 0 Å². The Labute approximate surface area is 171 Å². The van der Waals surface area contributed by atoms with E-state index >= 15 is 0 Å². The first-order valence-electron chi connectivity index (χ1n) is 9.41. The van der Waals surface area contributed by atoms with Crippen LogP contribution in [0.15, 0.2) is 54.6 Å².